The van der Waals surface area contributed by atoms with Crippen molar-refractivity contribution in [1.29, 1.82) is 0 Å². The number of nitrogens with one attached hydrogen (secondary N) is 1. The standard InChI is InChI=1S/C28H24Cl3N3O/c29-23-11-10-21(26(30)27(23)31)25-16-22(20-8-4-5-9-24(20)33-25)28(35)32-19-12-14-34(15-13-19)17-18-6-2-1-3-7-18/h1-11,16,19H,12-15,17H2,(H,32,35). The number of carbonyl (C=O) groups is 1. The Balaban J connectivity index is 1.36. The van der Waals surface area contributed by atoms with E-state index in [1.54, 1.807) is 18.2 Å². The van der Waals surface area contributed by atoms with E-state index in [0.29, 0.717) is 26.9 Å². The average molecular weight is 525 g/mol. The van der Waals surface area contributed by atoms with E-state index in [-0.39, 0.29) is 17.0 Å². The van der Waals surface area contributed by atoms with Crippen molar-refractivity contribution in [3.63, 3.8) is 0 Å². The van der Waals surface area contributed by atoms with Gasteiger partial charge in [0.15, 0.2) is 0 Å². The summed E-state index contributed by atoms with van der Waals surface area (Å²) in [7, 11) is 0. The maximum absolute atomic E-state index is 13.5. The molecule has 1 saturated heterocycles. The maximum Gasteiger partial charge on any atom is 0.252 e. The molecule has 178 valence electrons. The fourth-order valence-electron chi connectivity index (χ4n) is 4.57. The molecule has 1 aliphatic heterocycles. The van der Waals surface area contributed by atoms with Crippen molar-refractivity contribution < 1.29 is 4.79 Å². The van der Waals surface area contributed by atoms with Gasteiger partial charge in [0.1, 0.15) is 0 Å². The van der Waals surface area contributed by atoms with Gasteiger partial charge in [-0.2, -0.15) is 0 Å². The lowest BCUT2D eigenvalue weighted by Crippen LogP contribution is -2.44. The van der Waals surface area contributed by atoms with Crippen LogP contribution in [0.25, 0.3) is 22.2 Å². The predicted molar refractivity (Wildman–Crippen MR) is 144 cm³/mol. The van der Waals surface area contributed by atoms with Gasteiger partial charge in [-0.3, -0.25) is 9.69 Å². The number of benzene rings is 3. The zero-order valence-electron chi connectivity index (χ0n) is 19.0. The number of hydrogen-bond donors (Lipinski definition) is 1. The van der Waals surface area contributed by atoms with Gasteiger partial charge in [0.05, 0.1) is 31.8 Å². The normalized spacial score (nSPS) is 14.8. The fraction of sp³-hybridized carbons (Fsp3) is 0.214. The lowest BCUT2D eigenvalue weighted by Gasteiger charge is -2.32. The summed E-state index contributed by atoms with van der Waals surface area (Å²) in [6.07, 6.45) is 1.82. The van der Waals surface area contributed by atoms with Crippen LogP contribution >= 0.6 is 34.8 Å². The number of nitrogens with zero attached hydrogens (tertiary/aromatic N) is 2. The van der Waals surface area contributed by atoms with Crippen molar-refractivity contribution in [2.24, 2.45) is 0 Å². The number of fused-ring (bicyclic) bond motifs is 1. The zero-order valence-corrected chi connectivity index (χ0v) is 21.2. The smallest absolute Gasteiger partial charge is 0.252 e. The Bertz CT molecular complexity index is 1370. The van der Waals surface area contributed by atoms with Crippen LogP contribution in [0, 0.1) is 0 Å². The van der Waals surface area contributed by atoms with Crippen molar-refractivity contribution in [1.82, 2.24) is 15.2 Å². The number of pyridine rings is 1. The molecular weight excluding hydrogens is 501 g/mol. The van der Waals surface area contributed by atoms with Crippen molar-refractivity contribution in [3.8, 4) is 11.3 Å². The lowest BCUT2D eigenvalue weighted by molar-refractivity contribution is 0.0910. The number of para-hydroxylation sites is 1. The third kappa shape index (κ3) is 5.31. The number of piperidine rings is 1. The Kier molecular flexibility index (Phi) is 7.26. The van der Waals surface area contributed by atoms with Crippen LogP contribution in [-0.2, 0) is 6.54 Å². The highest BCUT2D eigenvalue weighted by molar-refractivity contribution is 6.49. The van der Waals surface area contributed by atoms with Crippen molar-refractivity contribution in [2.45, 2.75) is 25.4 Å². The summed E-state index contributed by atoms with van der Waals surface area (Å²) in [6.45, 7) is 2.83. The van der Waals surface area contributed by atoms with E-state index in [1.165, 1.54) is 5.56 Å². The Morgan fingerprint density at radius 2 is 1.63 bits per heavy atom. The number of carbonyl (C=O) groups excluding carboxylic acids is 1. The highest BCUT2D eigenvalue weighted by Crippen LogP contribution is 2.38. The molecule has 4 aromatic rings. The second kappa shape index (κ2) is 10.5. The molecule has 0 unspecified atom stereocenters. The Hall–Kier alpha value is -2.63. The molecule has 1 aromatic heterocycles. The Labute approximate surface area is 219 Å². The highest BCUT2D eigenvalue weighted by atomic mass is 35.5. The molecule has 1 N–H and O–H groups in total. The molecule has 3 aromatic carbocycles. The summed E-state index contributed by atoms with van der Waals surface area (Å²) in [5.74, 6) is -0.109. The lowest BCUT2D eigenvalue weighted by atomic mass is 10.0. The molecular formula is C28H24Cl3N3O. The van der Waals surface area contributed by atoms with E-state index >= 15 is 0 Å². The van der Waals surface area contributed by atoms with E-state index in [2.05, 4.69) is 34.5 Å². The summed E-state index contributed by atoms with van der Waals surface area (Å²) in [4.78, 5) is 20.6. The predicted octanol–water partition coefficient (Wildman–Crippen LogP) is 7.26. The SMILES string of the molecule is O=C(NC1CCN(Cc2ccccc2)CC1)c1cc(-c2ccc(Cl)c(Cl)c2Cl)nc2ccccc12. The largest absolute Gasteiger partial charge is 0.349 e. The van der Waals surface area contributed by atoms with Crippen LogP contribution in [0.3, 0.4) is 0 Å². The zero-order chi connectivity index (χ0) is 24.4. The van der Waals surface area contributed by atoms with Crippen LogP contribution in [0.5, 0.6) is 0 Å². The summed E-state index contributed by atoms with van der Waals surface area (Å²) in [5, 5.41) is 5.01. The fourth-order valence-corrected chi connectivity index (χ4v) is 5.20. The van der Waals surface area contributed by atoms with E-state index in [9.17, 15) is 4.79 Å². The molecule has 7 heteroatoms. The van der Waals surface area contributed by atoms with Gasteiger partial charge in [-0.25, -0.2) is 4.98 Å². The molecule has 5 rings (SSSR count). The number of amides is 1. The summed E-state index contributed by atoms with van der Waals surface area (Å²) < 4.78 is 0. The Morgan fingerprint density at radius 3 is 2.40 bits per heavy atom. The quantitative estimate of drug-likeness (QED) is 0.280. The van der Waals surface area contributed by atoms with Gasteiger partial charge >= 0.3 is 0 Å². The first-order valence-electron chi connectivity index (χ1n) is 11.6. The summed E-state index contributed by atoms with van der Waals surface area (Å²) >= 11 is 18.9. The molecule has 0 bridgehead atoms. The molecule has 0 saturated carbocycles. The van der Waals surface area contributed by atoms with Gasteiger partial charge in [-0.05, 0) is 42.7 Å². The monoisotopic (exact) mass is 523 g/mol. The molecule has 0 radical (unpaired) electrons. The molecule has 0 aliphatic carbocycles. The van der Waals surface area contributed by atoms with Gasteiger partial charge in [0, 0.05) is 36.6 Å². The molecule has 0 atom stereocenters. The first kappa shape index (κ1) is 24.1. The highest BCUT2D eigenvalue weighted by Gasteiger charge is 2.23. The molecule has 1 amide bonds. The number of hydrogen-bond acceptors (Lipinski definition) is 3. The summed E-state index contributed by atoms with van der Waals surface area (Å²) in [5.41, 5.74) is 3.81. The maximum atomic E-state index is 13.5. The van der Waals surface area contributed by atoms with Crippen LogP contribution in [0.2, 0.25) is 15.1 Å². The van der Waals surface area contributed by atoms with Gasteiger partial charge in [-0.15, -0.1) is 0 Å². The average Bonchev–Trinajstić information content (AvgIpc) is 2.88. The van der Waals surface area contributed by atoms with Crippen molar-refractivity contribution >= 4 is 51.6 Å². The minimum Gasteiger partial charge on any atom is -0.349 e. The third-order valence-corrected chi connectivity index (χ3v) is 7.74. The van der Waals surface area contributed by atoms with Crippen LogP contribution in [0.15, 0.2) is 72.8 Å². The van der Waals surface area contributed by atoms with Crippen LogP contribution in [0.4, 0.5) is 0 Å². The minimum absolute atomic E-state index is 0.109. The van der Waals surface area contributed by atoms with Crippen LogP contribution < -0.4 is 5.32 Å². The molecule has 4 nitrogen and oxygen atoms in total. The van der Waals surface area contributed by atoms with E-state index in [4.69, 9.17) is 39.8 Å². The van der Waals surface area contributed by atoms with Crippen molar-refractivity contribution in [2.75, 3.05) is 13.1 Å². The Morgan fingerprint density at radius 1 is 0.914 bits per heavy atom. The molecule has 35 heavy (non-hydrogen) atoms. The molecule has 1 aliphatic rings. The summed E-state index contributed by atoms with van der Waals surface area (Å²) in [6, 6.07) is 23.5. The first-order valence-corrected chi connectivity index (χ1v) is 12.7. The van der Waals surface area contributed by atoms with Gasteiger partial charge in [-0.1, -0.05) is 83.3 Å². The minimum atomic E-state index is -0.109. The van der Waals surface area contributed by atoms with Crippen LogP contribution in [-0.4, -0.2) is 34.9 Å². The first-order chi connectivity index (χ1) is 17.0. The number of halogens is 3. The molecule has 2 heterocycles. The molecule has 1 fully saturated rings. The van der Waals surface area contributed by atoms with Gasteiger partial charge in [0.2, 0.25) is 0 Å². The third-order valence-electron chi connectivity index (χ3n) is 6.44. The number of rotatable bonds is 5. The molecule has 0 spiro atoms. The topological polar surface area (TPSA) is 45.2 Å². The van der Waals surface area contributed by atoms with E-state index < -0.39 is 0 Å². The van der Waals surface area contributed by atoms with Crippen LogP contribution in [0.1, 0.15) is 28.8 Å². The second-order valence-electron chi connectivity index (χ2n) is 8.80. The van der Waals surface area contributed by atoms with E-state index in [0.717, 1.165) is 43.4 Å². The van der Waals surface area contributed by atoms with Gasteiger partial charge in [0.25, 0.3) is 5.91 Å². The second-order valence-corrected chi connectivity index (χ2v) is 9.97. The van der Waals surface area contributed by atoms with Gasteiger partial charge < -0.3 is 5.32 Å². The number of aromatic nitrogens is 1. The number of likely N-dealkylation sites (tertiary alicyclic amines) is 1. The van der Waals surface area contributed by atoms with E-state index in [1.807, 2.05) is 30.3 Å². The van der Waals surface area contributed by atoms with Crippen molar-refractivity contribution in [3.05, 3.63) is 99.0 Å².